The quantitative estimate of drug-likeness (QED) is 0.722. The molecule has 0 radical (unpaired) electrons. The van der Waals surface area contributed by atoms with Crippen molar-refractivity contribution in [2.45, 2.75) is 49.8 Å². The van der Waals surface area contributed by atoms with Crippen molar-refractivity contribution in [1.29, 1.82) is 0 Å². The Kier molecular flexibility index (Phi) is 3.23. The van der Waals surface area contributed by atoms with Gasteiger partial charge in [0.25, 0.3) is 0 Å². The summed E-state index contributed by atoms with van der Waals surface area (Å²) in [7, 11) is 0. The normalized spacial score (nSPS) is 18.9. The average molecular weight is 267 g/mol. The van der Waals surface area contributed by atoms with Crippen molar-refractivity contribution in [1.82, 2.24) is 25.1 Å². The lowest BCUT2D eigenvalue weighted by Crippen LogP contribution is -2.34. The standard InChI is InChI=1S/C11H17N5OS/c1-2-15(8-3-4-8)10(17)7-18-11-12-13-14-16(11)9-5-6-9/h8-9H,2-7H2,1H3. The van der Waals surface area contributed by atoms with E-state index in [1.54, 1.807) is 0 Å². The summed E-state index contributed by atoms with van der Waals surface area (Å²) in [6.45, 7) is 2.84. The van der Waals surface area contributed by atoms with E-state index in [1.807, 2.05) is 16.5 Å². The Bertz CT molecular complexity index is 440. The van der Waals surface area contributed by atoms with Crippen LogP contribution >= 0.6 is 11.8 Å². The molecule has 6 nitrogen and oxygen atoms in total. The highest BCUT2D eigenvalue weighted by Crippen LogP contribution is 2.36. The molecule has 2 aliphatic carbocycles. The molecule has 0 N–H and O–H groups in total. The van der Waals surface area contributed by atoms with Crippen molar-refractivity contribution < 1.29 is 4.79 Å². The van der Waals surface area contributed by atoms with E-state index in [-0.39, 0.29) is 5.91 Å². The van der Waals surface area contributed by atoms with Crippen LogP contribution in [0.5, 0.6) is 0 Å². The first kappa shape index (κ1) is 12.0. The zero-order chi connectivity index (χ0) is 12.5. The van der Waals surface area contributed by atoms with Gasteiger partial charge in [0.05, 0.1) is 11.8 Å². The molecule has 18 heavy (non-hydrogen) atoms. The number of aromatic nitrogens is 4. The van der Waals surface area contributed by atoms with Crippen LogP contribution in [0.2, 0.25) is 0 Å². The first-order valence-electron chi connectivity index (χ1n) is 6.49. The van der Waals surface area contributed by atoms with E-state index < -0.39 is 0 Å². The average Bonchev–Trinajstić information content (AvgIpc) is 3.28. The maximum Gasteiger partial charge on any atom is 0.233 e. The minimum Gasteiger partial charge on any atom is -0.339 e. The number of rotatable bonds is 6. The summed E-state index contributed by atoms with van der Waals surface area (Å²) in [4.78, 5) is 14.0. The van der Waals surface area contributed by atoms with Crippen molar-refractivity contribution in [2.75, 3.05) is 12.3 Å². The smallest absolute Gasteiger partial charge is 0.233 e. The number of carbonyl (C=O) groups excluding carboxylic acids is 1. The van der Waals surface area contributed by atoms with Gasteiger partial charge < -0.3 is 4.90 Å². The van der Waals surface area contributed by atoms with Gasteiger partial charge in [-0.25, -0.2) is 4.68 Å². The molecule has 0 atom stereocenters. The van der Waals surface area contributed by atoms with Crippen LogP contribution in [-0.4, -0.2) is 49.4 Å². The van der Waals surface area contributed by atoms with Crippen LogP contribution < -0.4 is 0 Å². The third kappa shape index (κ3) is 2.50. The molecule has 2 fully saturated rings. The fourth-order valence-corrected chi connectivity index (χ4v) is 2.89. The predicted octanol–water partition coefficient (Wildman–Crippen LogP) is 1.11. The number of hydrogen-bond donors (Lipinski definition) is 0. The number of thioether (sulfide) groups is 1. The molecule has 0 bridgehead atoms. The zero-order valence-corrected chi connectivity index (χ0v) is 11.3. The molecule has 0 spiro atoms. The van der Waals surface area contributed by atoms with Crippen LogP contribution in [-0.2, 0) is 4.79 Å². The highest BCUT2D eigenvalue weighted by atomic mass is 32.2. The van der Waals surface area contributed by atoms with E-state index in [1.165, 1.54) is 11.8 Å². The van der Waals surface area contributed by atoms with Gasteiger partial charge >= 0.3 is 0 Å². The molecule has 0 aliphatic heterocycles. The Morgan fingerprint density at radius 1 is 1.44 bits per heavy atom. The van der Waals surface area contributed by atoms with Crippen molar-refractivity contribution in [3.8, 4) is 0 Å². The monoisotopic (exact) mass is 267 g/mol. The van der Waals surface area contributed by atoms with Crippen LogP contribution in [0.4, 0.5) is 0 Å². The third-order valence-electron chi connectivity index (χ3n) is 3.33. The van der Waals surface area contributed by atoms with Gasteiger partial charge in [-0.05, 0) is 43.0 Å². The summed E-state index contributed by atoms with van der Waals surface area (Å²) < 4.78 is 1.85. The second kappa shape index (κ2) is 4.87. The van der Waals surface area contributed by atoms with Gasteiger partial charge in [0.15, 0.2) is 0 Å². The van der Waals surface area contributed by atoms with Gasteiger partial charge in [-0.1, -0.05) is 11.8 Å². The van der Waals surface area contributed by atoms with E-state index in [0.29, 0.717) is 17.8 Å². The first-order valence-corrected chi connectivity index (χ1v) is 7.48. The van der Waals surface area contributed by atoms with Gasteiger partial charge in [0.2, 0.25) is 11.1 Å². The summed E-state index contributed by atoms with van der Waals surface area (Å²) in [5.41, 5.74) is 0. The SMILES string of the molecule is CCN(C(=O)CSc1nnnn1C1CC1)C1CC1. The Morgan fingerprint density at radius 3 is 2.83 bits per heavy atom. The summed E-state index contributed by atoms with van der Waals surface area (Å²) in [6, 6.07) is 0.950. The van der Waals surface area contributed by atoms with Crippen molar-refractivity contribution in [3.05, 3.63) is 0 Å². The lowest BCUT2D eigenvalue weighted by atomic mass is 10.4. The van der Waals surface area contributed by atoms with Gasteiger partial charge in [-0.3, -0.25) is 4.79 Å². The van der Waals surface area contributed by atoms with E-state index in [0.717, 1.165) is 37.4 Å². The Labute approximate surface area is 110 Å². The number of carbonyl (C=O) groups is 1. The largest absolute Gasteiger partial charge is 0.339 e. The number of hydrogen-bond acceptors (Lipinski definition) is 5. The lowest BCUT2D eigenvalue weighted by molar-refractivity contribution is -0.128. The molecule has 0 unspecified atom stereocenters. The molecule has 2 saturated carbocycles. The van der Waals surface area contributed by atoms with E-state index in [9.17, 15) is 4.79 Å². The van der Waals surface area contributed by atoms with Crippen LogP contribution in [0, 0.1) is 0 Å². The predicted molar refractivity (Wildman–Crippen MR) is 67.2 cm³/mol. The Balaban J connectivity index is 1.56. The second-order valence-corrected chi connectivity index (χ2v) is 5.78. The minimum absolute atomic E-state index is 0.204. The van der Waals surface area contributed by atoms with E-state index >= 15 is 0 Å². The summed E-state index contributed by atoms with van der Waals surface area (Å²) >= 11 is 1.45. The first-order chi connectivity index (χ1) is 8.79. The van der Waals surface area contributed by atoms with Gasteiger partial charge in [-0.15, -0.1) is 5.10 Å². The third-order valence-corrected chi connectivity index (χ3v) is 4.25. The zero-order valence-electron chi connectivity index (χ0n) is 10.4. The van der Waals surface area contributed by atoms with Crippen LogP contribution in [0.25, 0.3) is 0 Å². The number of amides is 1. The fourth-order valence-electron chi connectivity index (χ4n) is 2.06. The molecule has 1 aromatic heterocycles. The number of nitrogens with zero attached hydrogens (tertiary/aromatic N) is 5. The maximum absolute atomic E-state index is 12.1. The summed E-state index contributed by atoms with van der Waals surface area (Å²) in [6.07, 6.45) is 4.61. The molecule has 1 amide bonds. The second-order valence-electron chi connectivity index (χ2n) is 4.84. The van der Waals surface area contributed by atoms with Gasteiger partial charge in [-0.2, -0.15) is 0 Å². The van der Waals surface area contributed by atoms with Crippen molar-refractivity contribution >= 4 is 17.7 Å². The molecule has 0 saturated heterocycles. The van der Waals surface area contributed by atoms with E-state index in [2.05, 4.69) is 15.5 Å². The Morgan fingerprint density at radius 2 is 2.22 bits per heavy atom. The maximum atomic E-state index is 12.1. The minimum atomic E-state index is 0.204. The molecular formula is C11H17N5OS. The van der Waals surface area contributed by atoms with Crippen LogP contribution in [0.3, 0.4) is 0 Å². The molecule has 1 heterocycles. The topological polar surface area (TPSA) is 63.9 Å². The van der Waals surface area contributed by atoms with Crippen LogP contribution in [0.15, 0.2) is 5.16 Å². The van der Waals surface area contributed by atoms with E-state index in [4.69, 9.17) is 0 Å². The molecule has 7 heteroatoms. The summed E-state index contributed by atoms with van der Waals surface area (Å²) in [5.74, 6) is 0.646. The molecular weight excluding hydrogens is 250 g/mol. The van der Waals surface area contributed by atoms with Crippen molar-refractivity contribution in [3.63, 3.8) is 0 Å². The lowest BCUT2D eigenvalue weighted by Gasteiger charge is -2.19. The highest BCUT2D eigenvalue weighted by molar-refractivity contribution is 7.99. The van der Waals surface area contributed by atoms with Gasteiger partial charge in [0, 0.05) is 12.6 Å². The Hall–Kier alpha value is -1.11. The fraction of sp³-hybridized carbons (Fsp3) is 0.818. The molecule has 0 aromatic carbocycles. The van der Waals surface area contributed by atoms with Crippen LogP contribution in [0.1, 0.15) is 38.6 Å². The molecule has 1 aromatic rings. The molecule has 2 aliphatic rings. The van der Waals surface area contributed by atoms with Crippen molar-refractivity contribution in [2.24, 2.45) is 0 Å². The summed E-state index contributed by atoms with van der Waals surface area (Å²) in [5, 5.41) is 12.4. The number of tetrazole rings is 1. The molecule has 98 valence electrons. The molecule has 3 rings (SSSR count). The highest BCUT2D eigenvalue weighted by Gasteiger charge is 2.32. The van der Waals surface area contributed by atoms with Gasteiger partial charge in [0.1, 0.15) is 0 Å².